The van der Waals surface area contributed by atoms with Crippen molar-refractivity contribution < 1.29 is 9.47 Å². The Balaban J connectivity index is 2.01. The Morgan fingerprint density at radius 3 is 2.65 bits per heavy atom. The number of nitrogens with zero attached hydrogens (tertiary/aromatic N) is 5. The summed E-state index contributed by atoms with van der Waals surface area (Å²) in [5.41, 5.74) is 0.887. The summed E-state index contributed by atoms with van der Waals surface area (Å²) >= 11 is 0. The van der Waals surface area contributed by atoms with Gasteiger partial charge in [0.1, 0.15) is 11.5 Å². The molecule has 164 valence electrons. The van der Waals surface area contributed by atoms with E-state index in [1.807, 2.05) is 40.7 Å². The van der Waals surface area contributed by atoms with Crippen LogP contribution in [0.25, 0.3) is 11.2 Å². The average molecular weight is 425 g/mol. The first kappa shape index (κ1) is 20.8. The van der Waals surface area contributed by atoms with E-state index in [0.29, 0.717) is 41.7 Å². The fourth-order valence-corrected chi connectivity index (χ4v) is 4.09. The van der Waals surface area contributed by atoms with Crippen molar-refractivity contribution in [3.8, 4) is 11.5 Å². The normalized spacial score (nSPS) is 16.2. The Kier molecular flexibility index (Phi) is 5.34. The summed E-state index contributed by atoms with van der Waals surface area (Å²) in [7, 11) is 4.88. The number of imidazole rings is 1. The quantitative estimate of drug-likeness (QED) is 0.583. The van der Waals surface area contributed by atoms with Crippen LogP contribution in [-0.4, -0.2) is 39.4 Å². The molecule has 0 bridgehead atoms. The first-order valence-electron chi connectivity index (χ1n) is 10.2. The molecule has 0 aliphatic carbocycles. The molecule has 0 saturated carbocycles. The minimum absolute atomic E-state index is 0.224. The Morgan fingerprint density at radius 1 is 1.19 bits per heavy atom. The SMILES string of the molecule is CC=CCn1c(=O)c2c(nc3n2CC(C)CN3c2cc(OC)ccc2OC)n(C)c1=O. The van der Waals surface area contributed by atoms with Crippen LogP contribution >= 0.6 is 0 Å². The lowest BCUT2D eigenvalue weighted by atomic mass is 10.1. The number of rotatable bonds is 5. The zero-order valence-electron chi connectivity index (χ0n) is 18.5. The van der Waals surface area contributed by atoms with Gasteiger partial charge in [0.15, 0.2) is 11.2 Å². The first-order chi connectivity index (χ1) is 14.9. The number of anilines is 2. The van der Waals surface area contributed by atoms with Crippen LogP contribution < -0.4 is 25.6 Å². The Morgan fingerprint density at radius 2 is 1.97 bits per heavy atom. The smallest absolute Gasteiger partial charge is 0.332 e. The molecule has 0 amide bonds. The monoisotopic (exact) mass is 425 g/mol. The molecule has 1 atom stereocenters. The highest BCUT2D eigenvalue weighted by atomic mass is 16.5. The Hall–Kier alpha value is -3.49. The van der Waals surface area contributed by atoms with Gasteiger partial charge in [-0.15, -0.1) is 0 Å². The minimum Gasteiger partial charge on any atom is -0.497 e. The molecule has 1 aromatic carbocycles. The van der Waals surface area contributed by atoms with E-state index in [0.717, 1.165) is 5.69 Å². The van der Waals surface area contributed by atoms with Crippen molar-refractivity contribution in [1.82, 2.24) is 18.7 Å². The number of allylic oxidation sites excluding steroid dienone is 2. The van der Waals surface area contributed by atoms with E-state index >= 15 is 0 Å². The van der Waals surface area contributed by atoms with E-state index in [-0.39, 0.29) is 23.7 Å². The Labute approximate surface area is 179 Å². The van der Waals surface area contributed by atoms with Gasteiger partial charge in [0.2, 0.25) is 5.95 Å². The van der Waals surface area contributed by atoms with Gasteiger partial charge in [-0.3, -0.25) is 13.9 Å². The second-order valence-electron chi connectivity index (χ2n) is 7.77. The highest BCUT2D eigenvalue weighted by molar-refractivity contribution is 5.78. The maximum absolute atomic E-state index is 13.3. The number of hydrogen-bond acceptors (Lipinski definition) is 6. The topological polar surface area (TPSA) is 83.5 Å². The van der Waals surface area contributed by atoms with Crippen LogP contribution in [-0.2, 0) is 20.1 Å². The molecule has 31 heavy (non-hydrogen) atoms. The summed E-state index contributed by atoms with van der Waals surface area (Å²) in [6, 6.07) is 5.58. The summed E-state index contributed by atoms with van der Waals surface area (Å²) in [6.45, 7) is 5.52. The Bertz CT molecular complexity index is 1280. The zero-order chi connectivity index (χ0) is 22.3. The van der Waals surface area contributed by atoms with Crippen LogP contribution in [0.2, 0.25) is 0 Å². The van der Waals surface area contributed by atoms with Crippen LogP contribution in [0.15, 0.2) is 39.9 Å². The van der Waals surface area contributed by atoms with Crippen molar-refractivity contribution in [1.29, 1.82) is 0 Å². The van der Waals surface area contributed by atoms with E-state index in [9.17, 15) is 9.59 Å². The molecule has 0 N–H and O–H groups in total. The fourth-order valence-electron chi connectivity index (χ4n) is 4.09. The number of aromatic nitrogens is 4. The molecule has 0 saturated heterocycles. The summed E-state index contributed by atoms with van der Waals surface area (Å²) < 4.78 is 15.6. The third-order valence-electron chi connectivity index (χ3n) is 5.64. The lowest BCUT2D eigenvalue weighted by Crippen LogP contribution is -2.40. The third-order valence-corrected chi connectivity index (χ3v) is 5.64. The molecule has 2 aromatic heterocycles. The van der Waals surface area contributed by atoms with Gasteiger partial charge in [0, 0.05) is 32.7 Å². The maximum atomic E-state index is 13.3. The van der Waals surface area contributed by atoms with Crippen molar-refractivity contribution in [3.63, 3.8) is 0 Å². The van der Waals surface area contributed by atoms with Crippen LogP contribution in [0.1, 0.15) is 13.8 Å². The van der Waals surface area contributed by atoms with Crippen molar-refractivity contribution in [2.24, 2.45) is 13.0 Å². The zero-order valence-corrected chi connectivity index (χ0v) is 18.5. The van der Waals surface area contributed by atoms with E-state index in [2.05, 4.69) is 6.92 Å². The maximum Gasteiger partial charge on any atom is 0.332 e. The average Bonchev–Trinajstić information content (AvgIpc) is 3.16. The van der Waals surface area contributed by atoms with Crippen LogP contribution in [0.3, 0.4) is 0 Å². The van der Waals surface area contributed by atoms with E-state index in [1.165, 1.54) is 9.13 Å². The van der Waals surface area contributed by atoms with Gasteiger partial charge in [-0.1, -0.05) is 19.1 Å². The lowest BCUT2D eigenvalue weighted by molar-refractivity contribution is 0.399. The molecule has 0 fully saturated rings. The third kappa shape index (κ3) is 3.30. The molecule has 4 rings (SSSR count). The van der Waals surface area contributed by atoms with Crippen molar-refractivity contribution in [3.05, 3.63) is 51.2 Å². The van der Waals surface area contributed by atoms with Gasteiger partial charge in [-0.05, 0) is 25.0 Å². The number of ether oxygens (including phenoxy) is 2. The van der Waals surface area contributed by atoms with Gasteiger partial charge in [0.25, 0.3) is 5.56 Å². The van der Waals surface area contributed by atoms with Crippen LogP contribution in [0.4, 0.5) is 11.6 Å². The molecule has 3 heterocycles. The molecule has 3 aromatic rings. The van der Waals surface area contributed by atoms with Gasteiger partial charge in [-0.2, -0.15) is 4.98 Å². The van der Waals surface area contributed by atoms with Crippen LogP contribution in [0.5, 0.6) is 11.5 Å². The molecule has 1 aliphatic rings. The van der Waals surface area contributed by atoms with Crippen LogP contribution in [0, 0.1) is 5.92 Å². The number of benzene rings is 1. The van der Waals surface area contributed by atoms with Gasteiger partial charge < -0.3 is 18.9 Å². The number of methoxy groups -OCH3 is 2. The molecule has 0 spiro atoms. The largest absolute Gasteiger partial charge is 0.497 e. The van der Waals surface area contributed by atoms with E-state index in [4.69, 9.17) is 14.5 Å². The lowest BCUT2D eigenvalue weighted by Gasteiger charge is -2.33. The highest BCUT2D eigenvalue weighted by Gasteiger charge is 2.31. The van der Waals surface area contributed by atoms with Gasteiger partial charge in [-0.25, -0.2) is 4.79 Å². The number of aryl methyl sites for hydroxylation is 1. The summed E-state index contributed by atoms with van der Waals surface area (Å²) in [6.07, 6.45) is 3.61. The minimum atomic E-state index is -0.385. The van der Waals surface area contributed by atoms with Crippen molar-refractivity contribution in [2.75, 3.05) is 25.7 Å². The predicted molar refractivity (Wildman–Crippen MR) is 120 cm³/mol. The first-order valence-corrected chi connectivity index (χ1v) is 10.2. The number of fused-ring (bicyclic) bond motifs is 3. The van der Waals surface area contributed by atoms with E-state index < -0.39 is 0 Å². The summed E-state index contributed by atoms with van der Waals surface area (Å²) in [5.74, 6) is 2.21. The molecule has 9 nitrogen and oxygen atoms in total. The van der Waals surface area contributed by atoms with Crippen molar-refractivity contribution >= 4 is 22.8 Å². The number of hydrogen-bond donors (Lipinski definition) is 0. The summed E-state index contributed by atoms with van der Waals surface area (Å²) in [4.78, 5) is 32.9. The predicted octanol–water partition coefficient (Wildman–Crippen LogP) is 2.28. The molecule has 1 unspecified atom stereocenters. The molecular weight excluding hydrogens is 398 g/mol. The standard InChI is InChI=1S/C22H27N5O4/c1-6-7-10-25-20(28)18-19(24(3)22(25)29)23-21-26(12-14(2)13-27(18)21)16-11-15(30-4)8-9-17(16)31-5/h6-9,11,14H,10,12-13H2,1-5H3. The van der Waals surface area contributed by atoms with Gasteiger partial charge in [0.05, 0.1) is 19.9 Å². The van der Waals surface area contributed by atoms with Gasteiger partial charge >= 0.3 is 5.69 Å². The second kappa shape index (κ2) is 7.98. The highest BCUT2D eigenvalue weighted by Crippen LogP contribution is 2.39. The fraction of sp³-hybridized carbons (Fsp3) is 0.409. The summed E-state index contributed by atoms with van der Waals surface area (Å²) in [5, 5.41) is 0. The van der Waals surface area contributed by atoms with E-state index in [1.54, 1.807) is 27.3 Å². The second-order valence-corrected chi connectivity index (χ2v) is 7.77. The molecule has 9 heteroatoms. The molecule has 0 radical (unpaired) electrons. The molecule has 1 aliphatic heterocycles. The molecular formula is C22H27N5O4. The van der Waals surface area contributed by atoms with Crippen molar-refractivity contribution in [2.45, 2.75) is 26.9 Å².